The zero-order chi connectivity index (χ0) is 6.32. The maximum atomic E-state index is 3.53. The largest absolute Gasteiger partial charge is 0.315 e. The Hall–Kier alpha value is -0.0800. The molecule has 0 aromatic rings. The summed E-state index contributed by atoms with van der Waals surface area (Å²) >= 11 is 0. The third kappa shape index (κ3) is 0.700. The van der Waals surface area contributed by atoms with E-state index in [1.165, 1.54) is 19.5 Å². The average Bonchev–Trinajstić information content (AvgIpc) is 2.37. The van der Waals surface area contributed by atoms with Crippen molar-refractivity contribution in [2.75, 3.05) is 19.6 Å². The van der Waals surface area contributed by atoms with Crippen molar-refractivity contribution < 1.29 is 0 Å². The van der Waals surface area contributed by atoms with Crippen LogP contribution in [-0.2, 0) is 0 Å². The maximum Gasteiger partial charge on any atom is 0.0351 e. The molecule has 2 rings (SSSR count). The van der Waals surface area contributed by atoms with Crippen molar-refractivity contribution in [3.05, 3.63) is 0 Å². The van der Waals surface area contributed by atoms with Gasteiger partial charge in [-0.3, -0.25) is 0 Å². The summed E-state index contributed by atoms with van der Waals surface area (Å²) in [5, 5.41) is 6.92. The molecular weight excluding hydrogens is 112 g/mol. The van der Waals surface area contributed by atoms with Crippen LogP contribution in [0.5, 0.6) is 0 Å². The molecule has 1 saturated heterocycles. The van der Waals surface area contributed by atoms with Crippen LogP contribution in [0.2, 0.25) is 0 Å². The van der Waals surface area contributed by atoms with E-state index in [9.17, 15) is 0 Å². The fourth-order valence-electron chi connectivity index (χ4n) is 1.97. The SMILES string of the molecule is CCNC12CNCC1C2. The highest BCUT2D eigenvalue weighted by molar-refractivity contribution is 5.16. The Morgan fingerprint density at radius 3 is 3.11 bits per heavy atom. The molecular formula is C7H14N2. The third-order valence-electron chi connectivity index (χ3n) is 2.59. The molecule has 2 N–H and O–H groups in total. The van der Waals surface area contributed by atoms with Crippen molar-refractivity contribution in [2.45, 2.75) is 18.9 Å². The molecule has 2 aliphatic rings. The maximum absolute atomic E-state index is 3.53. The fourth-order valence-corrected chi connectivity index (χ4v) is 1.97. The van der Waals surface area contributed by atoms with Gasteiger partial charge in [0.05, 0.1) is 0 Å². The van der Waals surface area contributed by atoms with E-state index in [1.807, 2.05) is 0 Å². The summed E-state index contributed by atoms with van der Waals surface area (Å²) in [5.41, 5.74) is 0.550. The van der Waals surface area contributed by atoms with Gasteiger partial charge in [-0.15, -0.1) is 0 Å². The highest BCUT2D eigenvalue weighted by Crippen LogP contribution is 2.45. The van der Waals surface area contributed by atoms with Crippen LogP contribution in [0.15, 0.2) is 0 Å². The fraction of sp³-hybridized carbons (Fsp3) is 1.00. The van der Waals surface area contributed by atoms with Crippen molar-refractivity contribution in [3.8, 4) is 0 Å². The number of hydrogen-bond donors (Lipinski definition) is 2. The smallest absolute Gasteiger partial charge is 0.0351 e. The molecule has 2 atom stereocenters. The van der Waals surface area contributed by atoms with Gasteiger partial charge < -0.3 is 10.6 Å². The van der Waals surface area contributed by atoms with Gasteiger partial charge in [-0.2, -0.15) is 0 Å². The molecule has 0 aromatic carbocycles. The minimum atomic E-state index is 0.550. The molecule has 2 fully saturated rings. The van der Waals surface area contributed by atoms with Crippen molar-refractivity contribution in [3.63, 3.8) is 0 Å². The van der Waals surface area contributed by atoms with Crippen LogP contribution in [0, 0.1) is 5.92 Å². The van der Waals surface area contributed by atoms with Gasteiger partial charge in [0.1, 0.15) is 0 Å². The van der Waals surface area contributed by atoms with E-state index in [0.717, 1.165) is 12.5 Å². The van der Waals surface area contributed by atoms with Crippen LogP contribution in [-0.4, -0.2) is 25.2 Å². The summed E-state index contributed by atoms with van der Waals surface area (Å²) in [4.78, 5) is 0. The van der Waals surface area contributed by atoms with Crippen LogP contribution in [0.4, 0.5) is 0 Å². The van der Waals surface area contributed by atoms with Gasteiger partial charge in [0.15, 0.2) is 0 Å². The topological polar surface area (TPSA) is 24.1 Å². The summed E-state index contributed by atoms with van der Waals surface area (Å²) in [6.45, 7) is 5.75. The Morgan fingerprint density at radius 1 is 1.78 bits per heavy atom. The van der Waals surface area contributed by atoms with E-state index in [-0.39, 0.29) is 0 Å². The van der Waals surface area contributed by atoms with Crippen molar-refractivity contribution >= 4 is 0 Å². The lowest BCUT2D eigenvalue weighted by molar-refractivity contribution is 0.517. The van der Waals surface area contributed by atoms with Crippen molar-refractivity contribution in [2.24, 2.45) is 5.92 Å². The molecule has 0 amide bonds. The molecule has 2 nitrogen and oxygen atoms in total. The first kappa shape index (κ1) is 5.69. The quantitative estimate of drug-likeness (QED) is 0.542. The van der Waals surface area contributed by atoms with Crippen molar-refractivity contribution in [1.82, 2.24) is 10.6 Å². The molecule has 0 bridgehead atoms. The molecule has 0 aromatic heterocycles. The van der Waals surface area contributed by atoms with E-state index in [4.69, 9.17) is 0 Å². The van der Waals surface area contributed by atoms with E-state index >= 15 is 0 Å². The van der Waals surface area contributed by atoms with E-state index in [0.29, 0.717) is 5.54 Å². The van der Waals surface area contributed by atoms with Gasteiger partial charge in [-0.25, -0.2) is 0 Å². The van der Waals surface area contributed by atoms with Crippen LogP contribution in [0.25, 0.3) is 0 Å². The first-order valence-electron chi connectivity index (χ1n) is 3.83. The predicted molar refractivity (Wildman–Crippen MR) is 37.4 cm³/mol. The van der Waals surface area contributed by atoms with Crippen LogP contribution < -0.4 is 10.6 Å². The minimum absolute atomic E-state index is 0.550. The molecule has 2 unspecified atom stereocenters. The number of hydrogen-bond acceptors (Lipinski definition) is 2. The van der Waals surface area contributed by atoms with E-state index < -0.39 is 0 Å². The molecule has 1 saturated carbocycles. The normalized spacial score (nSPS) is 47.0. The number of rotatable bonds is 2. The van der Waals surface area contributed by atoms with Gasteiger partial charge in [0.25, 0.3) is 0 Å². The standard InChI is InChI=1S/C7H14N2/c1-2-9-7-3-6(7)4-8-5-7/h6,8-9H,2-5H2,1H3. The molecule has 1 heterocycles. The first-order valence-corrected chi connectivity index (χ1v) is 3.83. The summed E-state index contributed by atoms with van der Waals surface area (Å²) in [6.07, 6.45) is 1.41. The molecule has 52 valence electrons. The molecule has 0 radical (unpaired) electrons. The zero-order valence-corrected chi connectivity index (χ0v) is 5.91. The number of nitrogens with one attached hydrogen (secondary N) is 2. The monoisotopic (exact) mass is 126 g/mol. The summed E-state index contributed by atoms with van der Waals surface area (Å²) < 4.78 is 0. The third-order valence-corrected chi connectivity index (χ3v) is 2.59. The van der Waals surface area contributed by atoms with Crippen LogP contribution >= 0.6 is 0 Å². The Labute approximate surface area is 56.0 Å². The Morgan fingerprint density at radius 2 is 2.67 bits per heavy atom. The minimum Gasteiger partial charge on any atom is -0.315 e. The molecule has 1 aliphatic heterocycles. The van der Waals surface area contributed by atoms with Gasteiger partial charge in [0, 0.05) is 12.1 Å². The molecule has 2 heteroatoms. The Bertz CT molecular complexity index is 124. The summed E-state index contributed by atoms with van der Waals surface area (Å²) in [6, 6.07) is 0. The van der Waals surface area contributed by atoms with Crippen LogP contribution in [0.3, 0.4) is 0 Å². The predicted octanol–water partition coefficient (Wildman–Crippen LogP) is -0.0422. The van der Waals surface area contributed by atoms with E-state index in [2.05, 4.69) is 17.6 Å². The summed E-state index contributed by atoms with van der Waals surface area (Å²) in [7, 11) is 0. The molecule has 1 aliphatic carbocycles. The lowest BCUT2D eigenvalue weighted by Gasteiger charge is -2.10. The molecule has 0 spiro atoms. The highest BCUT2D eigenvalue weighted by atomic mass is 15.1. The van der Waals surface area contributed by atoms with Crippen molar-refractivity contribution in [1.29, 1.82) is 0 Å². The van der Waals surface area contributed by atoms with Gasteiger partial charge >= 0.3 is 0 Å². The first-order chi connectivity index (χ1) is 4.37. The second-order valence-corrected chi connectivity index (χ2v) is 3.22. The molecule has 9 heavy (non-hydrogen) atoms. The lowest BCUT2D eigenvalue weighted by Crippen LogP contribution is -2.36. The second kappa shape index (κ2) is 1.70. The average molecular weight is 126 g/mol. The zero-order valence-electron chi connectivity index (χ0n) is 5.91. The van der Waals surface area contributed by atoms with Gasteiger partial charge in [-0.1, -0.05) is 6.92 Å². The summed E-state index contributed by atoms with van der Waals surface area (Å²) in [5.74, 6) is 0.956. The lowest BCUT2D eigenvalue weighted by atomic mass is 10.2. The number of likely N-dealkylation sites (N-methyl/N-ethyl adjacent to an activating group) is 1. The Balaban J connectivity index is 1.95. The number of fused-ring (bicyclic) bond motifs is 1. The van der Waals surface area contributed by atoms with E-state index in [1.54, 1.807) is 0 Å². The Kier molecular flexibility index (Phi) is 1.08. The van der Waals surface area contributed by atoms with Gasteiger partial charge in [-0.05, 0) is 25.4 Å². The van der Waals surface area contributed by atoms with Crippen LogP contribution in [0.1, 0.15) is 13.3 Å². The highest BCUT2D eigenvalue weighted by Gasteiger charge is 2.56. The second-order valence-electron chi connectivity index (χ2n) is 3.22. The van der Waals surface area contributed by atoms with Gasteiger partial charge in [0.2, 0.25) is 0 Å². The number of piperidine rings is 1.